The quantitative estimate of drug-likeness (QED) is 0.535. The minimum Gasteiger partial charge on any atom is -0.486 e. The van der Waals surface area contributed by atoms with Crippen molar-refractivity contribution >= 4 is 21.9 Å². The fourth-order valence-electron chi connectivity index (χ4n) is 3.67. The molecule has 0 unspecified atom stereocenters. The number of nitrogens with one attached hydrogen (secondary N) is 1. The van der Waals surface area contributed by atoms with Gasteiger partial charge >= 0.3 is 5.97 Å². The number of nitrogens with zero attached hydrogens (tertiary/aromatic N) is 1. The number of halogens is 1. The molecule has 0 aliphatic carbocycles. The lowest BCUT2D eigenvalue weighted by Crippen LogP contribution is -2.42. The third-order valence-electron chi connectivity index (χ3n) is 5.37. The molecule has 2 aromatic carbocycles. The van der Waals surface area contributed by atoms with Gasteiger partial charge in [-0.05, 0) is 29.8 Å². The van der Waals surface area contributed by atoms with E-state index in [1.807, 2.05) is 0 Å². The molecule has 2 heterocycles. The van der Waals surface area contributed by atoms with E-state index in [2.05, 4.69) is 5.32 Å². The molecule has 1 fully saturated rings. The molecule has 0 radical (unpaired) electrons. The molecule has 34 heavy (non-hydrogen) atoms. The number of rotatable bonds is 7. The van der Waals surface area contributed by atoms with Crippen molar-refractivity contribution in [1.82, 2.24) is 9.62 Å². The predicted molar refractivity (Wildman–Crippen MR) is 115 cm³/mol. The molecule has 12 heteroatoms. The number of carbonyl (C=O) groups excluding carboxylic acids is 2. The summed E-state index contributed by atoms with van der Waals surface area (Å²) >= 11 is 0. The molecule has 2 aliphatic rings. The Labute approximate surface area is 195 Å². The molecule has 2 aromatic rings. The molecule has 2 atom stereocenters. The summed E-state index contributed by atoms with van der Waals surface area (Å²) in [4.78, 5) is 24.5. The van der Waals surface area contributed by atoms with Gasteiger partial charge in [-0.25, -0.2) is 12.8 Å². The second kappa shape index (κ2) is 9.95. The molecule has 0 spiro atoms. The number of amides is 1. The average Bonchev–Trinajstić information content (AvgIpc) is 3.24. The highest BCUT2D eigenvalue weighted by Gasteiger charge is 2.44. The van der Waals surface area contributed by atoms with Crippen LogP contribution in [0.2, 0.25) is 0 Å². The molecule has 0 saturated carbocycles. The molecular weight excluding hydrogens is 471 g/mol. The van der Waals surface area contributed by atoms with Crippen LogP contribution in [0.1, 0.15) is 12.0 Å². The fraction of sp³-hybridized carbons (Fsp3) is 0.364. The average molecular weight is 494 g/mol. The molecule has 1 saturated heterocycles. The van der Waals surface area contributed by atoms with Crippen molar-refractivity contribution in [1.29, 1.82) is 0 Å². The van der Waals surface area contributed by atoms with E-state index < -0.39 is 46.5 Å². The van der Waals surface area contributed by atoms with Crippen LogP contribution in [0.3, 0.4) is 0 Å². The second-order valence-corrected chi connectivity index (χ2v) is 9.69. The predicted octanol–water partition coefficient (Wildman–Crippen LogP) is 0.580. The first-order chi connectivity index (χ1) is 16.2. The van der Waals surface area contributed by atoms with E-state index in [1.54, 1.807) is 0 Å². The summed E-state index contributed by atoms with van der Waals surface area (Å²) < 4.78 is 56.1. The number of benzene rings is 2. The lowest BCUT2D eigenvalue weighted by atomic mass is 10.2. The minimum atomic E-state index is -4.18. The Balaban J connectivity index is 1.38. The minimum absolute atomic E-state index is 0.101. The maximum absolute atomic E-state index is 13.2. The van der Waals surface area contributed by atoms with Crippen molar-refractivity contribution < 1.29 is 41.7 Å². The summed E-state index contributed by atoms with van der Waals surface area (Å²) in [6, 6.07) is 8.32. The fourth-order valence-corrected chi connectivity index (χ4v) is 5.31. The van der Waals surface area contributed by atoms with E-state index in [0.29, 0.717) is 17.9 Å². The zero-order valence-corrected chi connectivity index (χ0v) is 18.8. The number of β-amino-alcohol motifs (C(OH)–C–C–N with tert-alkyl or cyclic N) is 1. The Hall–Kier alpha value is -3.22. The van der Waals surface area contributed by atoms with Crippen LogP contribution in [0.25, 0.3) is 0 Å². The van der Waals surface area contributed by atoms with Crippen LogP contribution >= 0.6 is 0 Å². The van der Waals surface area contributed by atoms with E-state index in [4.69, 9.17) is 14.2 Å². The van der Waals surface area contributed by atoms with Gasteiger partial charge in [0.25, 0.3) is 5.91 Å². The zero-order valence-electron chi connectivity index (χ0n) is 18.0. The van der Waals surface area contributed by atoms with Crippen LogP contribution in [-0.2, 0) is 30.9 Å². The topological polar surface area (TPSA) is 131 Å². The number of hydrogen-bond donors (Lipinski definition) is 2. The first-order valence-corrected chi connectivity index (χ1v) is 12.0. The number of fused-ring (bicyclic) bond motifs is 1. The monoisotopic (exact) mass is 494 g/mol. The molecule has 0 bridgehead atoms. The largest absolute Gasteiger partial charge is 0.486 e. The summed E-state index contributed by atoms with van der Waals surface area (Å²) in [5.74, 6) is -1.29. The lowest BCUT2D eigenvalue weighted by Gasteiger charge is -2.24. The summed E-state index contributed by atoms with van der Waals surface area (Å²) in [5, 5.41) is 12.6. The number of aliphatic hydroxyl groups is 1. The Bertz CT molecular complexity index is 1170. The van der Waals surface area contributed by atoms with Gasteiger partial charge < -0.3 is 24.6 Å². The third-order valence-corrected chi connectivity index (χ3v) is 7.25. The van der Waals surface area contributed by atoms with Crippen LogP contribution < -0.4 is 14.8 Å². The molecule has 182 valence electrons. The van der Waals surface area contributed by atoms with Crippen molar-refractivity contribution in [3.63, 3.8) is 0 Å². The Morgan fingerprint density at radius 3 is 2.56 bits per heavy atom. The highest BCUT2D eigenvalue weighted by molar-refractivity contribution is 7.89. The van der Waals surface area contributed by atoms with Gasteiger partial charge in [0, 0.05) is 25.6 Å². The SMILES string of the molecule is O=C(COC(=O)[C@@H]1C[C@H](O)CN1S(=O)(=O)c1ccc2c(c1)OCCO2)NCc1ccc(F)cc1. The van der Waals surface area contributed by atoms with Crippen molar-refractivity contribution in [2.24, 2.45) is 0 Å². The smallest absolute Gasteiger partial charge is 0.325 e. The van der Waals surface area contributed by atoms with Crippen LogP contribution in [0.4, 0.5) is 4.39 Å². The van der Waals surface area contributed by atoms with Gasteiger partial charge in [0.05, 0.1) is 11.0 Å². The van der Waals surface area contributed by atoms with Gasteiger partial charge in [-0.2, -0.15) is 4.31 Å². The van der Waals surface area contributed by atoms with E-state index in [-0.39, 0.29) is 36.8 Å². The van der Waals surface area contributed by atoms with Crippen LogP contribution in [0.15, 0.2) is 47.4 Å². The van der Waals surface area contributed by atoms with E-state index in [9.17, 15) is 27.5 Å². The Kier molecular flexibility index (Phi) is 7.00. The molecule has 10 nitrogen and oxygen atoms in total. The van der Waals surface area contributed by atoms with Gasteiger partial charge in [-0.15, -0.1) is 0 Å². The molecule has 2 aliphatic heterocycles. The van der Waals surface area contributed by atoms with Gasteiger partial charge in [0.15, 0.2) is 18.1 Å². The highest BCUT2D eigenvalue weighted by Crippen LogP contribution is 2.35. The molecular formula is C22H23FN2O8S. The number of sulfonamides is 1. The van der Waals surface area contributed by atoms with Crippen LogP contribution in [-0.4, -0.2) is 68.2 Å². The van der Waals surface area contributed by atoms with E-state index in [1.165, 1.54) is 42.5 Å². The van der Waals surface area contributed by atoms with Gasteiger partial charge in [-0.1, -0.05) is 12.1 Å². The van der Waals surface area contributed by atoms with Gasteiger partial charge in [-0.3, -0.25) is 9.59 Å². The van der Waals surface area contributed by atoms with E-state index >= 15 is 0 Å². The number of aliphatic hydroxyl groups excluding tert-OH is 1. The van der Waals surface area contributed by atoms with Crippen molar-refractivity contribution in [3.8, 4) is 11.5 Å². The normalized spacial score (nSPS) is 20.1. The first kappa shape index (κ1) is 23.9. The van der Waals surface area contributed by atoms with Crippen LogP contribution in [0, 0.1) is 5.82 Å². The first-order valence-electron chi connectivity index (χ1n) is 10.5. The maximum Gasteiger partial charge on any atom is 0.325 e. The van der Waals surface area contributed by atoms with Gasteiger partial charge in [0.2, 0.25) is 10.0 Å². The second-order valence-electron chi connectivity index (χ2n) is 7.80. The van der Waals surface area contributed by atoms with Crippen molar-refractivity contribution in [2.75, 3.05) is 26.4 Å². The highest BCUT2D eigenvalue weighted by atomic mass is 32.2. The lowest BCUT2D eigenvalue weighted by molar-refractivity contribution is -0.151. The maximum atomic E-state index is 13.2. The Morgan fingerprint density at radius 1 is 1.12 bits per heavy atom. The molecule has 2 N–H and O–H groups in total. The third kappa shape index (κ3) is 5.29. The number of carbonyl (C=O) groups is 2. The molecule has 1 amide bonds. The standard InChI is InChI=1S/C22H23FN2O8S/c23-15-3-1-14(2-4-15)11-24-21(27)13-33-22(28)18-9-16(26)12-25(18)34(29,30)17-5-6-19-20(10-17)32-8-7-31-19/h1-6,10,16,18,26H,7-9,11-13H2,(H,24,27)/t16-,18-/m0/s1. The van der Waals surface area contributed by atoms with Crippen molar-refractivity contribution in [3.05, 3.63) is 53.8 Å². The zero-order chi connectivity index (χ0) is 24.3. The summed E-state index contributed by atoms with van der Waals surface area (Å²) in [7, 11) is -4.18. The summed E-state index contributed by atoms with van der Waals surface area (Å²) in [6.45, 7) is -0.207. The van der Waals surface area contributed by atoms with E-state index in [0.717, 1.165) is 4.31 Å². The molecule has 4 rings (SSSR count). The number of ether oxygens (including phenoxy) is 3. The van der Waals surface area contributed by atoms with Crippen molar-refractivity contribution in [2.45, 2.75) is 30.0 Å². The summed E-state index contributed by atoms with van der Waals surface area (Å²) in [6.07, 6.45) is -1.24. The van der Waals surface area contributed by atoms with Crippen LogP contribution in [0.5, 0.6) is 11.5 Å². The number of hydrogen-bond acceptors (Lipinski definition) is 8. The van der Waals surface area contributed by atoms with Gasteiger partial charge in [0.1, 0.15) is 25.1 Å². The molecule has 0 aromatic heterocycles. The Morgan fingerprint density at radius 2 is 1.82 bits per heavy atom. The summed E-state index contributed by atoms with van der Waals surface area (Å²) in [5.41, 5.74) is 0.650. The number of esters is 1.